The smallest absolute Gasteiger partial charge is 0.0552 e. The molecule has 0 aliphatic rings. The van der Waals surface area contributed by atoms with E-state index in [1.165, 1.54) is 12.8 Å². The molecule has 0 spiro atoms. The van der Waals surface area contributed by atoms with Gasteiger partial charge in [0, 0.05) is 0 Å². The van der Waals surface area contributed by atoms with Gasteiger partial charge in [-0.3, -0.25) is 0 Å². The summed E-state index contributed by atoms with van der Waals surface area (Å²) in [5.41, 5.74) is 5.80. The van der Waals surface area contributed by atoms with E-state index in [2.05, 4.69) is 19.2 Å². The van der Waals surface area contributed by atoms with Crippen LogP contribution in [0, 0.1) is 0 Å². The van der Waals surface area contributed by atoms with Gasteiger partial charge in [-0.05, 0) is 25.8 Å². The Morgan fingerprint density at radius 2 is 1.80 bits per heavy atom. The van der Waals surface area contributed by atoms with Gasteiger partial charge in [0.05, 0.1) is 12.3 Å². The van der Waals surface area contributed by atoms with Crippen LogP contribution < -0.4 is 11.1 Å². The molecule has 0 aromatic carbocycles. The third-order valence-corrected chi connectivity index (χ3v) is 2.62. The number of hydrogen-bond acceptors (Lipinski definition) is 3. The van der Waals surface area contributed by atoms with Gasteiger partial charge in [-0.2, -0.15) is 0 Å². The molecule has 4 N–H and O–H groups in total. The van der Waals surface area contributed by atoms with Gasteiger partial charge in [0.1, 0.15) is 0 Å². The summed E-state index contributed by atoms with van der Waals surface area (Å²) in [5, 5.41) is 12.9. The molecule has 3 heteroatoms. The summed E-state index contributed by atoms with van der Waals surface area (Å²) in [6, 6.07) is 0. The minimum atomic E-state index is -0.155. The number of aliphatic hydroxyl groups is 1. The lowest BCUT2D eigenvalue weighted by atomic mass is 10.1. The van der Waals surface area contributed by atoms with Crippen LogP contribution in [0.15, 0.2) is 0 Å². The first-order valence-electron chi connectivity index (χ1n) is 6.37. The maximum absolute atomic E-state index is 9.64. The average Bonchev–Trinajstić information content (AvgIpc) is 2.18. The van der Waals surface area contributed by atoms with Gasteiger partial charge in [0.2, 0.25) is 0 Å². The minimum absolute atomic E-state index is 0.0952. The minimum Gasteiger partial charge on any atom is -0.393 e. The van der Waals surface area contributed by atoms with E-state index in [0.29, 0.717) is 0 Å². The average molecular weight is 216 g/mol. The molecule has 92 valence electrons. The van der Waals surface area contributed by atoms with Crippen molar-refractivity contribution < 1.29 is 5.11 Å². The fourth-order valence-corrected chi connectivity index (χ4v) is 1.62. The lowest BCUT2D eigenvalue weighted by Gasteiger charge is -2.15. The topological polar surface area (TPSA) is 58.3 Å². The van der Waals surface area contributed by atoms with Crippen LogP contribution in [0.3, 0.4) is 0 Å². The van der Waals surface area contributed by atoms with Crippen LogP contribution in [0.5, 0.6) is 0 Å². The third-order valence-electron chi connectivity index (χ3n) is 2.62. The molecule has 0 aromatic heterocycles. The molecule has 0 saturated heterocycles. The zero-order valence-corrected chi connectivity index (χ0v) is 10.3. The van der Waals surface area contributed by atoms with Gasteiger partial charge in [0.25, 0.3) is 0 Å². The molecule has 0 bridgehead atoms. The third kappa shape index (κ3) is 10.2. The second-order valence-corrected chi connectivity index (χ2v) is 4.29. The van der Waals surface area contributed by atoms with E-state index in [9.17, 15) is 5.11 Å². The molecule has 2 atom stereocenters. The van der Waals surface area contributed by atoms with E-state index in [4.69, 9.17) is 5.73 Å². The van der Waals surface area contributed by atoms with Gasteiger partial charge in [-0.15, -0.1) is 0 Å². The largest absolute Gasteiger partial charge is 0.393 e. The normalized spacial score (nSPS) is 15.2. The highest BCUT2D eigenvalue weighted by molar-refractivity contribution is 4.62. The molecule has 0 radical (unpaired) electrons. The van der Waals surface area contributed by atoms with Gasteiger partial charge in [-0.1, -0.05) is 39.5 Å². The number of unbranched alkanes of at least 4 members (excludes halogenated alkanes) is 2. The van der Waals surface area contributed by atoms with Crippen molar-refractivity contribution in [3.8, 4) is 0 Å². The second kappa shape index (κ2) is 10.4. The molecule has 0 heterocycles. The zero-order chi connectivity index (χ0) is 11.5. The summed E-state index contributed by atoms with van der Waals surface area (Å²) in [5.74, 6) is 0. The van der Waals surface area contributed by atoms with Crippen LogP contribution in [0.25, 0.3) is 0 Å². The number of aliphatic hydroxyl groups excluding tert-OH is 1. The molecule has 0 aliphatic heterocycles. The Kier molecular flexibility index (Phi) is 10.3. The van der Waals surface area contributed by atoms with E-state index in [1.54, 1.807) is 0 Å². The Labute approximate surface area is 94.4 Å². The molecular formula is C12H28N2O. The number of hydrogen-bond donors (Lipinski definition) is 3. The Morgan fingerprint density at radius 3 is 2.40 bits per heavy atom. The number of nitrogens with one attached hydrogen (secondary N) is 1. The quantitative estimate of drug-likeness (QED) is 0.387. The molecule has 0 aliphatic carbocycles. The molecule has 0 saturated carbocycles. The zero-order valence-electron chi connectivity index (χ0n) is 10.3. The predicted octanol–water partition coefficient (Wildman–Crippen LogP) is 1.99. The van der Waals surface area contributed by atoms with E-state index in [-0.39, 0.29) is 12.3 Å². The summed E-state index contributed by atoms with van der Waals surface area (Å²) in [6.07, 6.45) is 7.37. The standard InChI is InChI=1S/C12H28N2O/c1-3-5-6-8-11(15)9-10-14-12(13)7-4-2/h11-12,14-15H,3-10,13H2,1-2H3. The Bertz CT molecular complexity index is 131. The molecule has 15 heavy (non-hydrogen) atoms. The Hall–Kier alpha value is -0.120. The Morgan fingerprint density at radius 1 is 1.07 bits per heavy atom. The molecule has 0 amide bonds. The molecule has 0 fully saturated rings. The monoisotopic (exact) mass is 216 g/mol. The highest BCUT2D eigenvalue weighted by Crippen LogP contribution is 2.05. The molecular weight excluding hydrogens is 188 g/mol. The van der Waals surface area contributed by atoms with Crippen molar-refractivity contribution in [2.24, 2.45) is 5.73 Å². The summed E-state index contributed by atoms with van der Waals surface area (Å²) in [7, 11) is 0. The van der Waals surface area contributed by atoms with Gasteiger partial charge >= 0.3 is 0 Å². The van der Waals surface area contributed by atoms with Crippen molar-refractivity contribution in [3.63, 3.8) is 0 Å². The lowest BCUT2D eigenvalue weighted by Crippen LogP contribution is -2.38. The highest BCUT2D eigenvalue weighted by Gasteiger charge is 2.04. The number of nitrogens with two attached hydrogens (primary N) is 1. The van der Waals surface area contributed by atoms with Crippen molar-refractivity contribution in [2.45, 2.75) is 71.1 Å². The van der Waals surface area contributed by atoms with Crippen LogP contribution >= 0.6 is 0 Å². The van der Waals surface area contributed by atoms with Crippen LogP contribution in [0.2, 0.25) is 0 Å². The predicted molar refractivity (Wildman–Crippen MR) is 65.7 cm³/mol. The van der Waals surface area contributed by atoms with Crippen LogP contribution in [-0.4, -0.2) is 23.9 Å². The fourth-order valence-electron chi connectivity index (χ4n) is 1.62. The van der Waals surface area contributed by atoms with Crippen LogP contribution in [0.1, 0.15) is 58.8 Å². The van der Waals surface area contributed by atoms with E-state index >= 15 is 0 Å². The summed E-state index contributed by atoms with van der Waals surface area (Å²) in [4.78, 5) is 0. The van der Waals surface area contributed by atoms with Crippen molar-refractivity contribution >= 4 is 0 Å². The van der Waals surface area contributed by atoms with Crippen LogP contribution in [-0.2, 0) is 0 Å². The summed E-state index contributed by atoms with van der Waals surface area (Å²) >= 11 is 0. The lowest BCUT2D eigenvalue weighted by molar-refractivity contribution is 0.149. The first-order valence-corrected chi connectivity index (χ1v) is 6.37. The number of rotatable bonds is 10. The first kappa shape index (κ1) is 14.9. The van der Waals surface area contributed by atoms with Gasteiger partial charge < -0.3 is 16.2 Å². The van der Waals surface area contributed by atoms with Crippen LogP contribution in [0.4, 0.5) is 0 Å². The van der Waals surface area contributed by atoms with Crippen molar-refractivity contribution in [2.75, 3.05) is 6.54 Å². The molecule has 0 rings (SSSR count). The molecule has 2 unspecified atom stereocenters. The molecule has 0 aromatic rings. The van der Waals surface area contributed by atoms with Crippen molar-refractivity contribution in [3.05, 3.63) is 0 Å². The highest BCUT2D eigenvalue weighted by atomic mass is 16.3. The second-order valence-electron chi connectivity index (χ2n) is 4.29. The van der Waals surface area contributed by atoms with Crippen molar-refractivity contribution in [1.82, 2.24) is 5.32 Å². The van der Waals surface area contributed by atoms with E-state index in [0.717, 1.165) is 38.6 Å². The SMILES string of the molecule is CCCCCC(O)CCNC(N)CCC. The van der Waals surface area contributed by atoms with Gasteiger partial charge in [0.15, 0.2) is 0 Å². The maximum atomic E-state index is 9.64. The van der Waals surface area contributed by atoms with E-state index < -0.39 is 0 Å². The van der Waals surface area contributed by atoms with E-state index in [1.807, 2.05) is 0 Å². The maximum Gasteiger partial charge on any atom is 0.0552 e. The summed E-state index contributed by atoms with van der Waals surface area (Å²) < 4.78 is 0. The summed E-state index contributed by atoms with van der Waals surface area (Å²) in [6.45, 7) is 5.13. The van der Waals surface area contributed by atoms with Crippen molar-refractivity contribution in [1.29, 1.82) is 0 Å². The Balaban J connectivity index is 3.26. The fraction of sp³-hybridized carbons (Fsp3) is 1.00. The molecule has 3 nitrogen and oxygen atoms in total. The van der Waals surface area contributed by atoms with Gasteiger partial charge in [-0.25, -0.2) is 0 Å². The first-order chi connectivity index (χ1) is 7.20.